The van der Waals surface area contributed by atoms with Crippen molar-refractivity contribution < 1.29 is 14.3 Å². The highest BCUT2D eigenvalue weighted by Crippen LogP contribution is 2.28. The molecule has 0 fully saturated rings. The van der Waals surface area contributed by atoms with Crippen LogP contribution in [0.15, 0.2) is 42.5 Å². The molecule has 0 bridgehead atoms. The predicted molar refractivity (Wildman–Crippen MR) is 93.3 cm³/mol. The van der Waals surface area contributed by atoms with Gasteiger partial charge in [0.2, 0.25) is 5.91 Å². The third-order valence-electron chi connectivity index (χ3n) is 3.96. The second-order valence-corrected chi connectivity index (χ2v) is 5.77. The lowest BCUT2D eigenvalue weighted by molar-refractivity contribution is -0.118. The van der Waals surface area contributed by atoms with Crippen LogP contribution in [0.3, 0.4) is 0 Å². The predicted octanol–water partition coefficient (Wildman–Crippen LogP) is 3.15. The molecule has 2 N–H and O–H groups in total. The summed E-state index contributed by atoms with van der Waals surface area (Å²) in [6.45, 7) is 2.14. The van der Waals surface area contributed by atoms with Gasteiger partial charge < -0.3 is 15.4 Å². The molecule has 0 unspecified atom stereocenters. The molecule has 0 saturated heterocycles. The molecule has 5 heteroatoms. The van der Waals surface area contributed by atoms with Gasteiger partial charge in [-0.15, -0.1) is 0 Å². The summed E-state index contributed by atoms with van der Waals surface area (Å²) in [5.74, 6) is 0.476. The van der Waals surface area contributed by atoms with Gasteiger partial charge in [-0.25, -0.2) is 0 Å². The average Bonchev–Trinajstić information content (AvgIpc) is 2.60. The van der Waals surface area contributed by atoms with Crippen LogP contribution in [0.1, 0.15) is 24.5 Å². The van der Waals surface area contributed by atoms with E-state index in [0.29, 0.717) is 24.3 Å². The monoisotopic (exact) mass is 324 g/mol. The van der Waals surface area contributed by atoms with Gasteiger partial charge in [0, 0.05) is 12.1 Å². The minimum absolute atomic E-state index is 0.0303. The van der Waals surface area contributed by atoms with Crippen LogP contribution in [0.5, 0.6) is 5.75 Å². The minimum atomic E-state index is -0.159. The van der Waals surface area contributed by atoms with E-state index in [4.69, 9.17) is 4.74 Å². The topological polar surface area (TPSA) is 67.4 Å². The molecule has 0 spiro atoms. The highest BCUT2D eigenvalue weighted by Gasteiger charge is 2.16. The third-order valence-corrected chi connectivity index (χ3v) is 3.96. The Balaban J connectivity index is 1.56. The van der Waals surface area contributed by atoms with Gasteiger partial charge in [0.1, 0.15) is 5.75 Å². The molecule has 3 rings (SSSR count). The summed E-state index contributed by atoms with van der Waals surface area (Å²) in [5.41, 5.74) is 3.70. The van der Waals surface area contributed by atoms with Crippen molar-refractivity contribution in [3.05, 3.63) is 53.6 Å². The number of carbonyl (C=O) groups excluding carboxylic acids is 2. The lowest BCUT2D eigenvalue weighted by Gasteiger charge is -2.18. The number of benzene rings is 2. The summed E-state index contributed by atoms with van der Waals surface area (Å²) in [6.07, 6.45) is 1.96. The average molecular weight is 324 g/mol. The van der Waals surface area contributed by atoms with E-state index in [2.05, 4.69) is 17.6 Å². The van der Waals surface area contributed by atoms with Crippen molar-refractivity contribution in [1.82, 2.24) is 0 Å². The molecule has 1 aliphatic rings. The Hall–Kier alpha value is -2.82. The summed E-state index contributed by atoms with van der Waals surface area (Å²) in [4.78, 5) is 23.4. The Bertz CT molecular complexity index is 754. The fourth-order valence-electron chi connectivity index (χ4n) is 2.59. The fraction of sp³-hybridized carbons (Fsp3) is 0.263. The zero-order chi connectivity index (χ0) is 16.9. The van der Waals surface area contributed by atoms with Crippen molar-refractivity contribution >= 4 is 23.2 Å². The molecule has 2 aromatic rings. The molecule has 1 heterocycles. The van der Waals surface area contributed by atoms with E-state index in [9.17, 15) is 9.59 Å². The summed E-state index contributed by atoms with van der Waals surface area (Å²) < 4.78 is 5.32. The molecule has 0 saturated carbocycles. The van der Waals surface area contributed by atoms with E-state index in [-0.39, 0.29) is 18.4 Å². The van der Waals surface area contributed by atoms with Crippen LogP contribution in [0.25, 0.3) is 0 Å². The largest absolute Gasteiger partial charge is 0.482 e. The van der Waals surface area contributed by atoms with E-state index in [1.165, 1.54) is 5.56 Å². The van der Waals surface area contributed by atoms with Crippen LogP contribution in [0.2, 0.25) is 0 Å². The van der Waals surface area contributed by atoms with Crippen LogP contribution in [0.4, 0.5) is 11.4 Å². The van der Waals surface area contributed by atoms with Crippen molar-refractivity contribution in [2.75, 3.05) is 17.2 Å². The Morgan fingerprint density at radius 2 is 1.92 bits per heavy atom. The molecule has 2 amide bonds. The van der Waals surface area contributed by atoms with Gasteiger partial charge in [-0.05, 0) is 48.2 Å². The van der Waals surface area contributed by atoms with Crippen LogP contribution >= 0.6 is 0 Å². The maximum atomic E-state index is 12.1. The molecule has 0 atom stereocenters. The second-order valence-electron chi connectivity index (χ2n) is 5.77. The van der Waals surface area contributed by atoms with E-state index < -0.39 is 0 Å². The lowest BCUT2D eigenvalue weighted by atomic mass is 10.1. The number of nitrogens with one attached hydrogen (secondary N) is 2. The van der Waals surface area contributed by atoms with E-state index >= 15 is 0 Å². The molecule has 1 aliphatic heterocycles. The highest BCUT2D eigenvalue weighted by atomic mass is 16.5. The van der Waals surface area contributed by atoms with Crippen LogP contribution < -0.4 is 15.4 Å². The Kier molecular flexibility index (Phi) is 4.79. The van der Waals surface area contributed by atoms with Gasteiger partial charge in [0.05, 0.1) is 5.69 Å². The van der Waals surface area contributed by atoms with Crippen LogP contribution in [-0.4, -0.2) is 18.4 Å². The Labute approximate surface area is 141 Å². The van der Waals surface area contributed by atoms with E-state index in [1.807, 2.05) is 42.5 Å². The number of hydrogen-bond donors (Lipinski definition) is 2. The molecule has 5 nitrogen and oxygen atoms in total. The van der Waals surface area contributed by atoms with Gasteiger partial charge in [-0.1, -0.05) is 25.1 Å². The van der Waals surface area contributed by atoms with Crippen molar-refractivity contribution in [2.45, 2.75) is 26.2 Å². The highest BCUT2D eigenvalue weighted by molar-refractivity contribution is 5.95. The SMILES string of the molecule is CCc1ccc(NC(=O)CCc2ccc3c(c2)NC(=O)CO3)cc1. The number of aryl methyl sites for hydroxylation is 2. The van der Waals surface area contributed by atoms with Gasteiger partial charge in [0.15, 0.2) is 6.61 Å². The summed E-state index contributed by atoms with van der Waals surface area (Å²) in [6, 6.07) is 13.5. The maximum absolute atomic E-state index is 12.1. The number of anilines is 2. The van der Waals surface area contributed by atoms with Crippen molar-refractivity contribution in [2.24, 2.45) is 0 Å². The quantitative estimate of drug-likeness (QED) is 0.888. The van der Waals surface area contributed by atoms with Gasteiger partial charge >= 0.3 is 0 Å². The molecular weight excluding hydrogens is 304 g/mol. The van der Waals surface area contributed by atoms with E-state index in [1.54, 1.807) is 0 Å². The van der Waals surface area contributed by atoms with Crippen molar-refractivity contribution in [3.63, 3.8) is 0 Å². The number of fused-ring (bicyclic) bond motifs is 1. The zero-order valence-electron chi connectivity index (χ0n) is 13.6. The number of hydrogen-bond acceptors (Lipinski definition) is 3. The number of carbonyl (C=O) groups is 2. The van der Waals surface area contributed by atoms with Crippen molar-refractivity contribution in [3.8, 4) is 5.75 Å². The maximum Gasteiger partial charge on any atom is 0.262 e. The molecular formula is C19H20N2O3. The summed E-state index contributed by atoms with van der Waals surface area (Å²) in [5, 5.41) is 5.67. The smallest absolute Gasteiger partial charge is 0.262 e. The normalized spacial score (nSPS) is 12.8. The molecule has 2 aromatic carbocycles. The standard InChI is InChI=1S/C19H20N2O3/c1-2-13-3-7-15(8-4-13)20-18(22)10-6-14-5-9-17-16(11-14)21-19(23)12-24-17/h3-5,7-9,11H,2,6,10,12H2,1H3,(H,20,22)(H,21,23). The molecule has 124 valence electrons. The second kappa shape index (κ2) is 7.17. The molecule has 0 radical (unpaired) electrons. The first kappa shape index (κ1) is 16.1. The first-order chi connectivity index (χ1) is 11.6. The summed E-state index contributed by atoms with van der Waals surface area (Å²) in [7, 11) is 0. The van der Waals surface area contributed by atoms with E-state index in [0.717, 1.165) is 17.7 Å². The minimum Gasteiger partial charge on any atom is -0.482 e. The molecule has 24 heavy (non-hydrogen) atoms. The number of ether oxygens (including phenoxy) is 1. The zero-order valence-corrected chi connectivity index (χ0v) is 13.6. The Morgan fingerprint density at radius 1 is 1.17 bits per heavy atom. The number of amides is 2. The van der Waals surface area contributed by atoms with Crippen molar-refractivity contribution in [1.29, 1.82) is 0 Å². The van der Waals surface area contributed by atoms with Gasteiger partial charge in [0.25, 0.3) is 5.91 Å². The molecule has 0 aliphatic carbocycles. The molecule has 0 aromatic heterocycles. The first-order valence-corrected chi connectivity index (χ1v) is 8.08. The number of rotatable bonds is 5. The first-order valence-electron chi connectivity index (χ1n) is 8.08. The van der Waals surface area contributed by atoms with Crippen LogP contribution in [0, 0.1) is 0 Å². The van der Waals surface area contributed by atoms with Crippen LogP contribution in [-0.2, 0) is 22.4 Å². The Morgan fingerprint density at radius 3 is 2.67 bits per heavy atom. The fourth-order valence-corrected chi connectivity index (χ4v) is 2.59. The summed E-state index contributed by atoms with van der Waals surface area (Å²) >= 11 is 0. The van der Waals surface area contributed by atoms with Gasteiger partial charge in [-0.3, -0.25) is 9.59 Å². The lowest BCUT2D eigenvalue weighted by Crippen LogP contribution is -2.25. The van der Waals surface area contributed by atoms with Gasteiger partial charge in [-0.2, -0.15) is 0 Å². The third kappa shape index (κ3) is 3.93.